The van der Waals surface area contributed by atoms with E-state index in [1.807, 2.05) is 16.7 Å². The number of ether oxygens (including phenoxy) is 1. The van der Waals surface area contributed by atoms with Crippen molar-refractivity contribution in [3.05, 3.63) is 23.8 Å². The number of carbonyl (C=O) groups excluding carboxylic acids is 2. The van der Waals surface area contributed by atoms with Crippen molar-refractivity contribution in [1.82, 2.24) is 19.8 Å². The molecule has 0 aromatic carbocycles. The van der Waals surface area contributed by atoms with E-state index in [-0.39, 0.29) is 17.2 Å². The molecule has 0 atom stereocenters. The van der Waals surface area contributed by atoms with Crippen molar-refractivity contribution >= 4 is 11.8 Å². The average Bonchev–Trinajstić information content (AvgIpc) is 2.89. The highest BCUT2D eigenvalue weighted by Crippen LogP contribution is 2.41. The molecule has 0 unspecified atom stereocenters. The zero-order valence-corrected chi connectivity index (χ0v) is 14.3. The van der Waals surface area contributed by atoms with E-state index >= 15 is 0 Å². The van der Waals surface area contributed by atoms with Gasteiger partial charge in [0.25, 0.3) is 5.91 Å². The lowest BCUT2D eigenvalue weighted by Crippen LogP contribution is -2.44. The molecular weight excluding hydrogens is 308 g/mol. The summed E-state index contributed by atoms with van der Waals surface area (Å²) >= 11 is 0. The predicted molar refractivity (Wildman–Crippen MR) is 87.4 cm³/mol. The Morgan fingerprint density at radius 3 is 2.67 bits per heavy atom. The number of methoxy groups -OCH3 is 1. The monoisotopic (exact) mass is 332 g/mol. The summed E-state index contributed by atoms with van der Waals surface area (Å²) in [4.78, 5) is 36.7. The Kier molecular flexibility index (Phi) is 4.80. The lowest BCUT2D eigenvalue weighted by atomic mass is 9.77. The van der Waals surface area contributed by atoms with E-state index in [1.165, 1.54) is 6.20 Å². The van der Waals surface area contributed by atoms with Crippen LogP contribution in [0, 0.1) is 12.3 Å². The molecule has 3 heterocycles. The Morgan fingerprint density at radius 1 is 1.29 bits per heavy atom. The van der Waals surface area contributed by atoms with Crippen molar-refractivity contribution in [3.63, 3.8) is 0 Å². The fourth-order valence-corrected chi connectivity index (χ4v) is 3.57. The minimum absolute atomic E-state index is 0.0144. The van der Waals surface area contributed by atoms with E-state index in [1.54, 1.807) is 13.3 Å². The lowest BCUT2D eigenvalue weighted by molar-refractivity contribution is -0.128. The molecule has 0 radical (unpaired) electrons. The van der Waals surface area contributed by atoms with Crippen molar-refractivity contribution in [2.45, 2.75) is 26.2 Å². The van der Waals surface area contributed by atoms with Gasteiger partial charge in [0.05, 0.1) is 18.5 Å². The van der Waals surface area contributed by atoms with E-state index in [0.717, 1.165) is 25.1 Å². The molecule has 1 spiro atoms. The Bertz CT molecular complexity index is 609. The molecule has 2 amide bonds. The molecule has 7 nitrogen and oxygen atoms in total. The number of rotatable bonds is 4. The van der Waals surface area contributed by atoms with Gasteiger partial charge in [0.1, 0.15) is 5.69 Å². The van der Waals surface area contributed by atoms with Crippen molar-refractivity contribution < 1.29 is 14.3 Å². The number of aromatic nitrogens is 2. The highest BCUT2D eigenvalue weighted by atomic mass is 16.5. The molecule has 2 fully saturated rings. The van der Waals surface area contributed by atoms with Crippen molar-refractivity contribution in [3.8, 4) is 0 Å². The molecule has 0 saturated carbocycles. The van der Waals surface area contributed by atoms with Crippen LogP contribution in [0.1, 0.15) is 35.4 Å². The van der Waals surface area contributed by atoms with Gasteiger partial charge in [0.2, 0.25) is 5.91 Å². The topological polar surface area (TPSA) is 75.6 Å². The Balaban J connectivity index is 1.58. The largest absolute Gasteiger partial charge is 0.383 e. The van der Waals surface area contributed by atoms with Gasteiger partial charge < -0.3 is 14.5 Å². The van der Waals surface area contributed by atoms with Gasteiger partial charge in [-0.1, -0.05) is 0 Å². The number of piperidine rings is 1. The van der Waals surface area contributed by atoms with Gasteiger partial charge in [-0.05, 0) is 19.8 Å². The van der Waals surface area contributed by atoms with Gasteiger partial charge in [0, 0.05) is 51.3 Å². The summed E-state index contributed by atoms with van der Waals surface area (Å²) in [6.45, 7) is 5.18. The molecule has 0 bridgehead atoms. The van der Waals surface area contributed by atoms with Crippen LogP contribution in [-0.2, 0) is 9.53 Å². The first-order valence-corrected chi connectivity index (χ1v) is 8.38. The number of carbonyl (C=O) groups is 2. The minimum atomic E-state index is -0.0714. The maximum absolute atomic E-state index is 12.5. The molecule has 3 rings (SSSR count). The fourth-order valence-electron chi connectivity index (χ4n) is 3.57. The molecule has 2 saturated heterocycles. The first-order valence-electron chi connectivity index (χ1n) is 8.38. The summed E-state index contributed by atoms with van der Waals surface area (Å²) in [7, 11) is 1.65. The van der Waals surface area contributed by atoms with Crippen molar-refractivity contribution in [2.24, 2.45) is 5.41 Å². The number of aryl methyl sites for hydroxylation is 1. The van der Waals surface area contributed by atoms with Crippen LogP contribution in [0.4, 0.5) is 0 Å². The SMILES string of the molecule is COCCN1CC2(CCN(C(=O)c3cnc(C)cn3)CC2)CC1=O. The van der Waals surface area contributed by atoms with E-state index < -0.39 is 0 Å². The van der Waals surface area contributed by atoms with E-state index in [4.69, 9.17) is 4.74 Å². The van der Waals surface area contributed by atoms with Crippen LogP contribution in [-0.4, -0.2) is 71.5 Å². The van der Waals surface area contributed by atoms with Gasteiger partial charge >= 0.3 is 0 Å². The van der Waals surface area contributed by atoms with Crippen LogP contribution < -0.4 is 0 Å². The van der Waals surface area contributed by atoms with E-state index in [0.29, 0.717) is 38.4 Å². The minimum Gasteiger partial charge on any atom is -0.383 e. The smallest absolute Gasteiger partial charge is 0.274 e. The third-order valence-corrected chi connectivity index (χ3v) is 5.08. The van der Waals surface area contributed by atoms with Crippen LogP contribution in [0.2, 0.25) is 0 Å². The molecule has 7 heteroatoms. The van der Waals surface area contributed by atoms with Crippen LogP contribution >= 0.6 is 0 Å². The van der Waals surface area contributed by atoms with Gasteiger partial charge in [-0.3, -0.25) is 14.6 Å². The Labute approximate surface area is 142 Å². The van der Waals surface area contributed by atoms with E-state index in [9.17, 15) is 9.59 Å². The summed E-state index contributed by atoms with van der Waals surface area (Å²) in [6, 6.07) is 0. The van der Waals surface area contributed by atoms with Gasteiger partial charge in [-0.2, -0.15) is 0 Å². The Hall–Kier alpha value is -2.02. The molecule has 0 aliphatic carbocycles. The van der Waals surface area contributed by atoms with Crippen LogP contribution in [0.15, 0.2) is 12.4 Å². The fraction of sp³-hybridized carbons (Fsp3) is 0.647. The number of amides is 2. The maximum Gasteiger partial charge on any atom is 0.274 e. The normalized spacial score (nSPS) is 20.0. The highest BCUT2D eigenvalue weighted by Gasteiger charge is 2.45. The number of hydrogen-bond acceptors (Lipinski definition) is 5. The third-order valence-electron chi connectivity index (χ3n) is 5.08. The standard InChI is InChI=1S/C17H24N4O3/c1-13-10-19-14(11-18-13)16(23)20-5-3-17(4-6-20)9-15(22)21(12-17)7-8-24-2/h10-11H,3-9,12H2,1-2H3. The molecule has 1 aromatic heterocycles. The van der Waals surface area contributed by atoms with E-state index in [2.05, 4.69) is 9.97 Å². The highest BCUT2D eigenvalue weighted by molar-refractivity contribution is 5.92. The Morgan fingerprint density at radius 2 is 2.04 bits per heavy atom. The molecule has 130 valence electrons. The summed E-state index contributed by atoms with van der Waals surface area (Å²) < 4.78 is 5.07. The van der Waals surface area contributed by atoms with Gasteiger partial charge in [-0.15, -0.1) is 0 Å². The van der Waals surface area contributed by atoms with Crippen LogP contribution in [0.25, 0.3) is 0 Å². The van der Waals surface area contributed by atoms with Gasteiger partial charge in [0.15, 0.2) is 0 Å². The number of hydrogen-bond donors (Lipinski definition) is 0. The third kappa shape index (κ3) is 3.40. The van der Waals surface area contributed by atoms with Crippen molar-refractivity contribution in [2.75, 3.05) is 39.9 Å². The summed E-state index contributed by atoms with van der Waals surface area (Å²) in [5, 5.41) is 0. The molecule has 2 aliphatic rings. The van der Waals surface area contributed by atoms with Crippen molar-refractivity contribution in [1.29, 1.82) is 0 Å². The molecule has 24 heavy (non-hydrogen) atoms. The lowest BCUT2D eigenvalue weighted by Gasteiger charge is -2.38. The number of nitrogens with zero attached hydrogens (tertiary/aromatic N) is 4. The first kappa shape index (κ1) is 16.8. The van der Waals surface area contributed by atoms with Gasteiger partial charge in [-0.25, -0.2) is 4.98 Å². The zero-order chi connectivity index (χ0) is 17.2. The molecule has 2 aliphatic heterocycles. The molecule has 0 N–H and O–H groups in total. The average molecular weight is 332 g/mol. The number of likely N-dealkylation sites (tertiary alicyclic amines) is 2. The quantitative estimate of drug-likeness (QED) is 0.818. The molecule has 1 aromatic rings. The summed E-state index contributed by atoms with van der Waals surface area (Å²) in [5.74, 6) is 0.133. The predicted octanol–water partition coefficient (Wildman–Crippen LogP) is 0.886. The summed E-state index contributed by atoms with van der Waals surface area (Å²) in [6.07, 6.45) is 5.44. The molecular formula is C17H24N4O3. The summed E-state index contributed by atoms with van der Waals surface area (Å²) in [5.41, 5.74) is 1.20. The zero-order valence-electron chi connectivity index (χ0n) is 14.3. The first-order chi connectivity index (χ1) is 11.5. The second kappa shape index (κ2) is 6.84. The maximum atomic E-state index is 12.5. The second-order valence-electron chi connectivity index (χ2n) is 6.82. The van der Waals surface area contributed by atoms with Crippen LogP contribution in [0.3, 0.4) is 0 Å². The van der Waals surface area contributed by atoms with Crippen LogP contribution in [0.5, 0.6) is 0 Å². The second-order valence-corrected chi connectivity index (χ2v) is 6.82.